The first-order valence-corrected chi connectivity index (χ1v) is 5.94. The van der Waals surface area contributed by atoms with Crippen LogP contribution in [0.25, 0.3) is 0 Å². The molecule has 0 aromatic heterocycles. The van der Waals surface area contributed by atoms with Crippen molar-refractivity contribution in [3.8, 4) is 0 Å². The molecule has 0 aliphatic heterocycles. The fourth-order valence-corrected chi connectivity index (χ4v) is 2.09. The van der Waals surface area contributed by atoms with Crippen molar-refractivity contribution in [2.45, 2.75) is 39.5 Å². The molecule has 1 fully saturated rings. The van der Waals surface area contributed by atoms with Crippen LogP contribution in [-0.4, -0.2) is 18.3 Å². The van der Waals surface area contributed by atoms with E-state index in [1.54, 1.807) is 0 Å². The van der Waals surface area contributed by atoms with E-state index in [-0.39, 0.29) is 11.8 Å². The SMILES string of the molecule is CC(CCl)C(=O)NCC1(C)CCCC1. The summed E-state index contributed by atoms with van der Waals surface area (Å²) >= 11 is 5.62. The van der Waals surface area contributed by atoms with E-state index in [4.69, 9.17) is 11.6 Å². The van der Waals surface area contributed by atoms with Crippen LogP contribution < -0.4 is 5.32 Å². The molecule has 0 radical (unpaired) electrons. The standard InChI is InChI=1S/C11H20ClNO/c1-9(7-12)10(14)13-8-11(2)5-3-4-6-11/h9H,3-8H2,1-2H3,(H,13,14). The van der Waals surface area contributed by atoms with Crippen LogP contribution in [-0.2, 0) is 4.79 Å². The van der Waals surface area contributed by atoms with Crippen LogP contribution in [0.2, 0.25) is 0 Å². The fraction of sp³-hybridized carbons (Fsp3) is 0.909. The van der Waals surface area contributed by atoms with Gasteiger partial charge in [-0.2, -0.15) is 0 Å². The molecule has 3 heteroatoms. The Morgan fingerprint density at radius 2 is 2.07 bits per heavy atom. The van der Waals surface area contributed by atoms with E-state index in [0.29, 0.717) is 11.3 Å². The van der Waals surface area contributed by atoms with Gasteiger partial charge in [-0.3, -0.25) is 4.79 Å². The lowest BCUT2D eigenvalue weighted by Crippen LogP contribution is -2.37. The Morgan fingerprint density at radius 3 is 2.57 bits per heavy atom. The summed E-state index contributed by atoms with van der Waals surface area (Å²) in [5, 5.41) is 2.99. The number of amides is 1. The topological polar surface area (TPSA) is 29.1 Å². The molecule has 0 spiro atoms. The average molecular weight is 218 g/mol. The van der Waals surface area contributed by atoms with Crippen molar-refractivity contribution in [3.05, 3.63) is 0 Å². The normalized spacial score (nSPS) is 21.9. The molecule has 0 aromatic rings. The van der Waals surface area contributed by atoms with Crippen LogP contribution in [0.5, 0.6) is 0 Å². The lowest BCUT2D eigenvalue weighted by Gasteiger charge is -2.24. The molecule has 1 aliphatic carbocycles. The number of carbonyl (C=O) groups is 1. The monoisotopic (exact) mass is 217 g/mol. The van der Waals surface area contributed by atoms with Gasteiger partial charge in [0.25, 0.3) is 0 Å². The number of carbonyl (C=O) groups excluding carboxylic acids is 1. The second-order valence-electron chi connectivity index (χ2n) is 4.79. The van der Waals surface area contributed by atoms with Gasteiger partial charge in [-0.25, -0.2) is 0 Å². The Kier molecular flexibility index (Phi) is 4.24. The van der Waals surface area contributed by atoms with Crippen LogP contribution in [0, 0.1) is 11.3 Å². The Labute approximate surface area is 91.4 Å². The van der Waals surface area contributed by atoms with Gasteiger partial charge < -0.3 is 5.32 Å². The summed E-state index contributed by atoms with van der Waals surface area (Å²) in [7, 11) is 0. The smallest absolute Gasteiger partial charge is 0.224 e. The Bertz CT molecular complexity index is 199. The molecule has 1 unspecified atom stereocenters. The minimum atomic E-state index is -0.0679. The van der Waals surface area contributed by atoms with Gasteiger partial charge in [0.05, 0.1) is 0 Å². The molecule has 1 atom stereocenters. The van der Waals surface area contributed by atoms with Gasteiger partial charge in [-0.05, 0) is 18.3 Å². The molecule has 0 heterocycles. The number of halogens is 1. The number of hydrogen-bond acceptors (Lipinski definition) is 1. The number of hydrogen-bond donors (Lipinski definition) is 1. The molecular formula is C11H20ClNO. The van der Waals surface area contributed by atoms with Crippen molar-refractivity contribution < 1.29 is 4.79 Å². The Hall–Kier alpha value is -0.240. The van der Waals surface area contributed by atoms with Gasteiger partial charge in [0.15, 0.2) is 0 Å². The molecule has 1 rings (SSSR count). The molecule has 14 heavy (non-hydrogen) atoms. The van der Waals surface area contributed by atoms with E-state index in [2.05, 4.69) is 12.2 Å². The van der Waals surface area contributed by atoms with Crippen molar-refractivity contribution in [1.29, 1.82) is 0 Å². The van der Waals surface area contributed by atoms with Crippen LogP contribution in [0.4, 0.5) is 0 Å². The number of alkyl halides is 1. The summed E-state index contributed by atoms with van der Waals surface area (Å²) < 4.78 is 0. The molecule has 0 saturated heterocycles. The summed E-state index contributed by atoms with van der Waals surface area (Å²) in [4.78, 5) is 11.5. The van der Waals surface area contributed by atoms with Crippen molar-refractivity contribution in [2.24, 2.45) is 11.3 Å². The summed E-state index contributed by atoms with van der Waals surface area (Å²) in [5.74, 6) is 0.428. The van der Waals surface area contributed by atoms with Gasteiger partial charge in [0, 0.05) is 18.3 Å². The largest absolute Gasteiger partial charge is 0.355 e. The zero-order valence-electron chi connectivity index (χ0n) is 9.11. The average Bonchev–Trinajstić information content (AvgIpc) is 2.61. The zero-order valence-corrected chi connectivity index (χ0v) is 9.86. The van der Waals surface area contributed by atoms with Gasteiger partial charge in [-0.1, -0.05) is 26.7 Å². The number of nitrogens with one attached hydrogen (secondary N) is 1. The predicted molar refractivity (Wildman–Crippen MR) is 59.5 cm³/mol. The molecule has 1 saturated carbocycles. The maximum absolute atomic E-state index is 11.5. The Balaban J connectivity index is 2.29. The number of rotatable bonds is 4. The van der Waals surface area contributed by atoms with Gasteiger partial charge in [0.1, 0.15) is 0 Å². The molecule has 1 amide bonds. The maximum Gasteiger partial charge on any atom is 0.224 e. The van der Waals surface area contributed by atoms with E-state index in [1.807, 2.05) is 6.92 Å². The van der Waals surface area contributed by atoms with E-state index in [0.717, 1.165) is 6.54 Å². The van der Waals surface area contributed by atoms with Crippen molar-refractivity contribution in [1.82, 2.24) is 5.32 Å². The minimum Gasteiger partial charge on any atom is -0.355 e. The van der Waals surface area contributed by atoms with Gasteiger partial charge >= 0.3 is 0 Å². The highest BCUT2D eigenvalue weighted by Crippen LogP contribution is 2.36. The summed E-state index contributed by atoms with van der Waals surface area (Å²) in [6.07, 6.45) is 5.08. The quantitative estimate of drug-likeness (QED) is 0.721. The molecule has 1 N–H and O–H groups in total. The molecule has 0 aromatic carbocycles. The predicted octanol–water partition coefficient (Wildman–Crippen LogP) is 2.56. The third kappa shape index (κ3) is 3.16. The third-order valence-electron chi connectivity index (χ3n) is 3.18. The van der Waals surface area contributed by atoms with E-state index in [9.17, 15) is 4.79 Å². The van der Waals surface area contributed by atoms with Crippen LogP contribution >= 0.6 is 11.6 Å². The van der Waals surface area contributed by atoms with Crippen LogP contribution in [0.15, 0.2) is 0 Å². The highest BCUT2D eigenvalue weighted by atomic mass is 35.5. The molecule has 0 bridgehead atoms. The minimum absolute atomic E-state index is 0.0679. The first-order valence-electron chi connectivity index (χ1n) is 5.41. The summed E-state index contributed by atoms with van der Waals surface area (Å²) in [6, 6.07) is 0. The molecule has 1 aliphatic rings. The van der Waals surface area contributed by atoms with Gasteiger partial charge in [0.2, 0.25) is 5.91 Å². The summed E-state index contributed by atoms with van der Waals surface area (Å²) in [6.45, 7) is 4.93. The van der Waals surface area contributed by atoms with Gasteiger partial charge in [-0.15, -0.1) is 11.6 Å². The van der Waals surface area contributed by atoms with Crippen molar-refractivity contribution in [3.63, 3.8) is 0 Å². The highest BCUT2D eigenvalue weighted by molar-refractivity contribution is 6.19. The zero-order chi connectivity index (χ0) is 10.6. The molecular weight excluding hydrogens is 198 g/mol. The lowest BCUT2D eigenvalue weighted by atomic mass is 9.89. The first kappa shape index (κ1) is 11.8. The van der Waals surface area contributed by atoms with E-state index in [1.165, 1.54) is 25.7 Å². The van der Waals surface area contributed by atoms with E-state index < -0.39 is 0 Å². The highest BCUT2D eigenvalue weighted by Gasteiger charge is 2.29. The fourth-order valence-electron chi connectivity index (χ4n) is 1.95. The van der Waals surface area contributed by atoms with Crippen molar-refractivity contribution in [2.75, 3.05) is 12.4 Å². The molecule has 82 valence electrons. The van der Waals surface area contributed by atoms with E-state index >= 15 is 0 Å². The first-order chi connectivity index (χ1) is 6.57. The lowest BCUT2D eigenvalue weighted by molar-refractivity contribution is -0.124. The van der Waals surface area contributed by atoms with Crippen LogP contribution in [0.3, 0.4) is 0 Å². The third-order valence-corrected chi connectivity index (χ3v) is 3.64. The van der Waals surface area contributed by atoms with Crippen molar-refractivity contribution >= 4 is 17.5 Å². The second-order valence-corrected chi connectivity index (χ2v) is 5.10. The summed E-state index contributed by atoms with van der Waals surface area (Å²) in [5.41, 5.74) is 0.335. The molecule has 2 nitrogen and oxygen atoms in total. The van der Waals surface area contributed by atoms with Crippen LogP contribution in [0.1, 0.15) is 39.5 Å². The Morgan fingerprint density at radius 1 is 1.50 bits per heavy atom. The maximum atomic E-state index is 11.5. The second kappa shape index (κ2) is 5.01.